The molecule has 8 heteroatoms. The van der Waals surface area contributed by atoms with E-state index in [0.29, 0.717) is 22.8 Å². The minimum atomic E-state index is -0.772. The van der Waals surface area contributed by atoms with Gasteiger partial charge in [-0.15, -0.1) is 0 Å². The normalized spacial score (nSPS) is 12.6. The third-order valence-electron chi connectivity index (χ3n) is 4.68. The van der Waals surface area contributed by atoms with Gasteiger partial charge in [-0.05, 0) is 49.2 Å². The Morgan fingerprint density at radius 2 is 1.69 bits per heavy atom. The highest BCUT2D eigenvalue weighted by atomic mass is 16.6. The number of carbonyl (C=O) groups excluding carboxylic acids is 3. The summed E-state index contributed by atoms with van der Waals surface area (Å²) in [6.45, 7) is -0.370. The van der Waals surface area contributed by atoms with Crippen molar-refractivity contribution >= 4 is 23.5 Å². The average molecular weight is 434 g/mol. The van der Waals surface area contributed by atoms with E-state index in [-0.39, 0.29) is 24.3 Å². The summed E-state index contributed by atoms with van der Waals surface area (Å²) in [6.07, 6.45) is 1.92. The van der Waals surface area contributed by atoms with E-state index in [1.54, 1.807) is 30.3 Å². The van der Waals surface area contributed by atoms with Crippen LogP contribution in [-0.4, -0.2) is 30.4 Å². The van der Waals surface area contributed by atoms with E-state index in [2.05, 4.69) is 10.6 Å². The number of amides is 2. The van der Waals surface area contributed by atoms with Crippen LogP contribution in [0.15, 0.2) is 71.1 Å². The zero-order valence-corrected chi connectivity index (χ0v) is 17.2. The van der Waals surface area contributed by atoms with Crippen LogP contribution in [0.2, 0.25) is 0 Å². The largest absolute Gasteiger partial charge is 0.486 e. The lowest BCUT2D eigenvalue weighted by Crippen LogP contribution is -2.27. The van der Waals surface area contributed by atoms with Gasteiger partial charge in [0.2, 0.25) is 5.76 Å². The number of ether oxygens (including phenoxy) is 2. The number of rotatable bonds is 9. The Bertz CT molecular complexity index is 1100. The van der Waals surface area contributed by atoms with Gasteiger partial charge in [-0.25, -0.2) is 4.79 Å². The molecule has 164 valence electrons. The number of hydrogen-bond donors (Lipinski definition) is 2. The second-order valence-electron chi connectivity index (χ2n) is 7.29. The molecule has 1 heterocycles. The summed E-state index contributed by atoms with van der Waals surface area (Å²) >= 11 is 0. The zero-order chi connectivity index (χ0) is 22.3. The maximum atomic E-state index is 12.3. The third-order valence-corrected chi connectivity index (χ3v) is 4.68. The first-order valence-electron chi connectivity index (χ1n) is 10.2. The van der Waals surface area contributed by atoms with Gasteiger partial charge < -0.3 is 24.5 Å². The molecule has 0 atom stereocenters. The van der Waals surface area contributed by atoms with Gasteiger partial charge in [-0.1, -0.05) is 30.3 Å². The molecule has 0 radical (unpaired) electrons. The molecular formula is C24H22N2O6. The summed E-state index contributed by atoms with van der Waals surface area (Å²) < 4.78 is 16.0. The van der Waals surface area contributed by atoms with Crippen LogP contribution in [-0.2, 0) is 16.1 Å². The van der Waals surface area contributed by atoms with Crippen molar-refractivity contribution < 1.29 is 28.3 Å². The lowest BCUT2D eigenvalue weighted by Gasteiger charge is -2.11. The second kappa shape index (κ2) is 9.82. The average Bonchev–Trinajstić information content (AvgIpc) is 3.49. The smallest absolute Gasteiger partial charge is 0.374 e. The van der Waals surface area contributed by atoms with Crippen LogP contribution in [0.4, 0.5) is 5.69 Å². The molecule has 8 nitrogen and oxygen atoms in total. The molecule has 0 saturated heterocycles. The molecule has 1 aliphatic carbocycles. The number of nitrogens with one attached hydrogen (secondary N) is 2. The zero-order valence-electron chi connectivity index (χ0n) is 17.2. The summed E-state index contributed by atoms with van der Waals surface area (Å²) in [5.74, 6) is -0.498. The Kier molecular flexibility index (Phi) is 6.50. The number of esters is 1. The predicted octanol–water partition coefficient (Wildman–Crippen LogP) is 3.55. The fourth-order valence-electron chi connectivity index (χ4n) is 2.91. The third kappa shape index (κ3) is 5.75. The standard InChI is InChI=1S/C24H22N2O6/c27-22(26-20-9-5-4-8-19(20)23(28)25-16-10-11-16)15-31-24(29)21-13-12-18(32-21)14-30-17-6-2-1-3-7-17/h1-9,12-13,16H,10-11,14-15H2,(H,25,28)(H,26,27). The molecule has 0 aliphatic heterocycles. The molecule has 0 unspecified atom stereocenters. The molecular weight excluding hydrogens is 412 g/mol. The van der Waals surface area contributed by atoms with Gasteiger partial charge in [0.05, 0.1) is 11.3 Å². The second-order valence-corrected chi connectivity index (χ2v) is 7.29. The van der Waals surface area contributed by atoms with Gasteiger partial charge in [-0.2, -0.15) is 0 Å². The maximum absolute atomic E-state index is 12.3. The molecule has 2 N–H and O–H groups in total. The molecule has 1 saturated carbocycles. The van der Waals surface area contributed by atoms with Gasteiger partial charge in [-0.3, -0.25) is 9.59 Å². The SMILES string of the molecule is O=C(COC(=O)c1ccc(COc2ccccc2)o1)Nc1ccccc1C(=O)NC1CC1. The lowest BCUT2D eigenvalue weighted by molar-refractivity contribution is -0.119. The molecule has 4 rings (SSSR count). The molecule has 32 heavy (non-hydrogen) atoms. The quantitative estimate of drug-likeness (QED) is 0.499. The van der Waals surface area contributed by atoms with E-state index in [1.807, 2.05) is 30.3 Å². The van der Waals surface area contributed by atoms with Crippen molar-refractivity contribution in [2.75, 3.05) is 11.9 Å². The summed E-state index contributed by atoms with van der Waals surface area (Å²) in [5.41, 5.74) is 0.707. The Morgan fingerprint density at radius 3 is 2.47 bits per heavy atom. The van der Waals surface area contributed by atoms with Crippen LogP contribution in [0.5, 0.6) is 5.75 Å². The predicted molar refractivity (Wildman–Crippen MR) is 115 cm³/mol. The monoisotopic (exact) mass is 434 g/mol. The molecule has 2 amide bonds. The number of carbonyl (C=O) groups is 3. The lowest BCUT2D eigenvalue weighted by atomic mass is 10.1. The fraction of sp³-hybridized carbons (Fsp3) is 0.208. The number of furan rings is 1. The molecule has 1 aliphatic rings. The van der Waals surface area contributed by atoms with Crippen molar-refractivity contribution in [1.82, 2.24) is 5.32 Å². The summed E-state index contributed by atoms with van der Waals surface area (Å²) in [4.78, 5) is 36.8. The topological polar surface area (TPSA) is 107 Å². The number of para-hydroxylation sites is 2. The Labute approximate surface area is 184 Å². The van der Waals surface area contributed by atoms with Crippen molar-refractivity contribution in [2.45, 2.75) is 25.5 Å². The Balaban J connectivity index is 1.27. The van der Waals surface area contributed by atoms with Gasteiger partial charge >= 0.3 is 5.97 Å². The maximum Gasteiger partial charge on any atom is 0.374 e. The first kappa shape index (κ1) is 21.2. The van der Waals surface area contributed by atoms with Crippen LogP contribution < -0.4 is 15.4 Å². The molecule has 2 aromatic carbocycles. The minimum Gasteiger partial charge on any atom is -0.486 e. The van der Waals surface area contributed by atoms with Gasteiger partial charge in [0.25, 0.3) is 11.8 Å². The van der Waals surface area contributed by atoms with Crippen molar-refractivity contribution in [1.29, 1.82) is 0 Å². The van der Waals surface area contributed by atoms with Crippen molar-refractivity contribution in [2.24, 2.45) is 0 Å². The molecule has 1 aromatic heterocycles. The van der Waals surface area contributed by atoms with Crippen LogP contribution in [0.3, 0.4) is 0 Å². The van der Waals surface area contributed by atoms with Gasteiger partial charge in [0.1, 0.15) is 18.1 Å². The van der Waals surface area contributed by atoms with E-state index < -0.39 is 18.5 Å². The number of anilines is 1. The van der Waals surface area contributed by atoms with Gasteiger partial charge in [0.15, 0.2) is 6.61 Å². The molecule has 0 bridgehead atoms. The van der Waals surface area contributed by atoms with Crippen molar-refractivity contribution in [3.63, 3.8) is 0 Å². The van der Waals surface area contributed by atoms with E-state index >= 15 is 0 Å². The fourth-order valence-corrected chi connectivity index (χ4v) is 2.91. The van der Waals surface area contributed by atoms with Crippen LogP contribution >= 0.6 is 0 Å². The van der Waals surface area contributed by atoms with Crippen LogP contribution in [0, 0.1) is 0 Å². The van der Waals surface area contributed by atoms with Gasteiger partial charge in [0, 0.05) is 6.04 Å². The van der Waals surface area contributed by atoms with E-state index in [4.69, 9.17) is 13.9 Å². The summed E-state index contributed by atoms with van der Waals surface area (Å²) in [5, 5.41) is 5.49. The van der Waals surface area contributed by atoms with E-state index in [1.165, 1.54) is 6.07 Å². The van der Waals surface area contributed by atoms with E-state index in [9.17, 15) is 14.4 Å². The minimum absolute atomic E-state index is 0.0336. The molecule has 0 spiro atoms. The summed E-state index contributed by atoms with van der Waals surface area (Å²) in [7, 11) is 0. The highest BCUT2D eigenvalue weighted by molar-refractivity contribution is 6.04. The van der Waals surface area contributed by atoms with Crippen LogP contribution in [0.1, 0.15) is 39.5 Å². The van der Waals surface area contributed by atoms with E-state index in [0.717, 1.165) is 12.8 Å². The number of benzene rings is 2. The van der Waals surface area contributed by atoms with Crippen molar-refractivity contribution in [3.05, 3.63) is 83.8 Å². The Morgan fingerprint density at radius 1 is 0.938 bits per heavy atom. The first-order valence-corrected chi connectivity index (χ1v) is 10.2. The Hall–Kier alpha value is -4.07. The molecule has 1 fully saturated rings. The number of hydrogen-bond acceptors (Lipinski definition) is 6. The first-order chi connectivity index (χ1) is 15.6. The highest BCUT2D eigenvalue weighted by Gasteiger charge is 2.25. The van der Waals surface area contributed by atoms with Crippen LogP contribution in [0.25, 0.3) is 0 Å². The van der Waals surface area contributed by atoms with Crippen molar-refractivity contribution in [3.8, 4) is 5.75 Å². The summed E-state index contributed by atoms with van der Waals surface area (Å²) in [6, 6.07) is 19.1. The highest BCUT2D eigenvalue weighted by Crippen LogP contribution is 2.21. The molecule has 3 aromatic rings.